The van der Waals surface area contributed by atoms with Crippen LogP contribution in [0, 0.1) is 19.8 Å². The molecule has 212 valence electrons. The minimum atomic E-state index is -0.961. The number of nitrogens with one attached hydrogen (secondary N) is 2. The molecule has 2 aromatic carbocycles. The first kappa shape index (κ1) is 30.0. The van der Waals surface area contributed by atoms with E-state index in [1.54, 1.807) is 50.8 Å². The highest BCUT2D eigenvalue weighted by Crippen LogP contribution is 2.36. The number of aryl methyl sites for hydroxylation is 2. The number of hydrogen-bond donors (Lipinski definition) is 3. The summed E-state index contributed by atoms with van der Waals surface area (Å²) in [6.07, 6.45) is 2.19. The summed E-state index contributed by atoms with van der Waals surface area (Å²) in [5.41, 5.74) is 2.04. The second-order valence-electron chi connectivity index (χ2n) is 11.9. The Morgan fingerprint density at radius 1 is 1.05 bits per heavy atom. The number of phenolic OH excluding ortho intramolecular Hbond substituents is 1. The van der Waals surface area contributed by atoms with E-state index in [-0.39, 0.29) is 29.5 Å². The quantitative estimate of drug-likeness (QED) is 0.363. The minimum Gasteiger partial charge on any atom is -0.508 e. The van der Waals surface area contributed by atoms with Gasteiger partial charge in [-0.05, 0) is 101 Å². The van der Waals surface area contributed by atoms with E-state index < -0.39 is 23.8 Å². The van der Waals surface area contributed by atoms with E-state index in [4.69, 9.17) is 4.74 Å². The van der Waals surface area contributed by atoms with Crippen LogP contribution in [0.5, 0.6) is 5.75 Å². The Labute approximate surface area is 232 Å². The molecule has 0 radical (unpaired) electrons. The number of ether oxygens (including phenoxy) is 1. The Hall–Kier alpha value is -3.55. The number of hydrogen-bond acceptors (Lipinski definition) is 5. The molecule has 0 heterocycles. The standard InChI is InChI=1S/C31H43N3O5/c1-19(2)17-25(33-30(38)39-31(5,6)7)29(37)34(23-12-10-13-23)27(22-15-16-26(35)21(4)18-22)28(36)32-24-14-9-8-11-20(24)3/h8-9,11,14-16,18-19,23,25,27,35H,10,12-13,17H2,1-7H3,(H,32,36)(H,33,38). The fraction of sp³-hybridized carbons (Fsp3) is 0.516. The van der Waals surface area contributed by atoms with Crippen molar-refractivity contribution >= 4 is 23.6 Å². The first-order chi connectivity index (χ1) is 18.3. The van der Waals surface area contributed by atoms with E-state index in [1.807, 2.05) is 45.0 Å². The van der Waals surface area contributed by atoms with E-state index in [2.05, 4.69) is 10.6 Å². The van der Waals surface area contributed by atoms with Crippen LogP contribution in [-0.4, -0.2) is 45.6 Å². The fourth-order valence-electron chi connectivity index (χ4n) is 4.71. The molecule has 2 atom stereocenters. The molecule has 1 aliphatic carbocycles. The summed E-state index contributed by atoms with van der Waals surface area (Å²) >= 11 is 0. The monoisotopic (exact) mass is 537 g/mol. The van der Waals surface area contributed by atoms with Gasteiger partial charge in [0.25, 0.3) is 5.91 Å². The van der Waals surface area contributed by atoms with E-state index >= 15 is 0 Å². The van der Waals surface area contributed by atoms with Crippen molar-refractivity contribution in [2.24, 2.45) is 5.92 Å². The van der Waals surface area contributed by atoms with Gasteiger partial charge in [-0.1, -0.05) is 38.1 Å². The number of alkyl carbamates (subject to hydrolysis) is 1. The van der Waals surface area contributed by atoms with Crippen molar-refractivity contribution in [3.63, 3.8) is 0 Å². The lowest BCUT2D eigenvalue weighted by molar-refractivity contribution is -0.146. The lowest BCUT2D eigenvalue weighted by Gasteiger charge is -2.44. The highest BCUT2D eigenvalue weighted by Gasteiger charge is 2.42. The summed E-state index contributed by atoms with van der Waals surface area (Å²) in [4.78, 5) is 42.8. The molecule has 0 bridgehead atoms. The molecule has 3 amide bonds. The Balaban J connectivity index is 2.05. The third-order valence-corrected chi connectivity index (χ3v) is 6.88. The van der Waals surface area contributed by atoms with Gasteiger partial charge in [0.15, 0.2) is 0 Å². The van der Waals surface area contributed by atoms with Gasteiger partial charge in [0, 0.05) is 11.7 Å². The van der Waals surface area contributed by atoms with Gasteiger partial charge < -0.3 is 25.4 Å². The van der Waals surface area contributed by atoms with Crippen LogP contribution in [0.25, 0.3) is 0 Å². The molecule has 1 saturated carbocycles. The molecule has 1 fully saturated rings. The van der Waals surface area contributed by atoms with Crippen molar-refractivity contribution in [2.45, 2.75) is 97.9 Å². The molecule has 0 saturated heterocycles. The lowest BCUT2D eigenvalue weighted by atomic mass is 9.87. The van der Waals surface area contributed by atoms with E-state index in [0.29, 0.717) is 23.2 Å². The summed E-state index contributed by atoms with van der Waals surface area (Å²) < 4.78 is 5.47. The van der Waals surface area contributed by atoms with Crippen LogP contribution >= 0.6 is 0 Å². The molecule has 39 heavy (non-hydrogen) atoms. The van der Waals surface area contributed by atoms with Crippen LogP contribution in [-0.2, 0) is 14.3 Å². The second-order valence-corrected chi connectivity index (χ2v) is 11.9. The average molecular weight is 538 g/mol. The molecule has 8 heteroatoms. The number of aromatic hydroxyl groups is 1. The summed E-state index contributed by atoms with van der Waals surface area (Å²) in [5.74, 6) is -0.458. The number of phenols is 1. The zero-order valence-electron chi connectivity index (χ0n) is 24.2. The molecule has 0 aromatic heterocycles. The molecule has 1 aliphatic rings. The van der Waals surface area contributed by atoms with Crippen LogP contribution in [0.4, 0.5) is 10.5 Å². The lowest BCUT2D eigenvalue weighted by Crippen LogP contribution is -2.57. The average Bonchev–Trinajstić information content (AvgIpc) is 2.78. The highest BCUT2D eigenvalue weighted by atomic mass is 16.6. The zero-order chi connectivity index (χ0) is 28.9. The number of para-hydroxylation sites is 1. The van der Waals surface area contributed by atoms with Crippen molar-refractivity contribution in [2.75, 3.05) is 5.32 Å². The SMILES string of the molecule is Cc1cc(C(C(=O)Nc2ccccc2C)N(C(=O)C(CC(C)C)NC(=O)OC(C)(C)C)C2CCC2)ccc1O. The van der Waals surface area contributed by atoms with Crippen LogP contribution in [0.15, 0.2) is 42.5 Å². The van der Waals surface area contributed by atoms with Crippen molar-refractivity contribution in [1.29, 1.82) is 0 Å². The van der Waals surface area contributed by atoms with Gasteiger partial charge in [0.2, 0.25) is 5.91 Å². The van der Waals surface area contributed by atoms with Gasteiger partial charge in [0.05, 0.1) is 0 Å². The topological polar surface area (TPSA) is 108 Å². The van der Waals surface area contributed by atoms with Gasteiger partial charge in [-0.25, -0.2) is 4.79 Å². The van der Waals surface area contributed by atoms with Crippen molar-refractivity contribution in [3.8, 4) is 5.75 Å². The molecule has 2 aromatic rings. The Morgan fingerprint density at radius 2 is 1.72 bits per heavy atom. The third-order valence-electron chi connectivity index (χ3n) is 6.88. The molecule has 0 aliphatic heterocycles. The molecular formula is C31H43N3O5. The fourth-order valence-corrected chi connectivity index (χ4v) is 4.71. The predicted molar refractivity (Wildman–Crippen MR) is 152 cm³/mol. The van der Waals surface area contributed by atoms with Crippen LogP contribution in [0.1, 0.15) is 83.0 Å². The van der Waals surface area contributed by atoms with Crippen molar-refractivity contribution in [1.82, 2.24) is 10.2 Å². The zero-order valence-corrected chi connectivity index (χ0v) is 24.2. The van der Waals surface area contributed by atoms with Crippen molar-refractivity contribution < 1.29 is 24.2 Å². The maximum Gasteiger partial charge on any atom is 0.408 e. The number of nitrogens with zero attached hydrogens (tertiary/aromatic N) is 1. The summed E-state index contributed by atoms with van der Waals surface area (Å²) in [6, 6.07) is 10.5. The van der Waals surface area contributed by atoms with Crippen molar-refractivity contribution in [3.05, 3.63) is 59.2 Å². The smallest absolute Gasteiger partial charge is 0.408 e. The molecular weight excluding hydrogens is 494 g/mol. The number of amides is 3. The molecule has 8 nitrogen and oxygen atoms in total. The van der Waals surface area contributed by atoms with Gasteiger partial charge in [-0.2, -0.15) is 0 Å². The van der Waals surface area contributed by atoms with Gasteiger partial charge in [-0.3, -0.25) is 9.59 Å². The van der Waals surface area contributed by atoms with E-state index in [0.717, 1.165) is 24.8 Å². The molecule has 3 rings (SSSR count). The number of benzene rings is 2. The second kappa shape index (κ2) is 12.5. The Morgan fingerprint density at radius 3 is 2.26 bits per heavy atom. The Kier molecular flexibility index (Phi) is 9.64. The molecule has 2 unspecified atom stereocenters. The van der Waals surface area contributed by atoms with Crippen LogP contribution < -0.4 is 10.6 Å². The summed E-state index contributed by atoms with van der Waals surface area (Å²) in [5, 5.41) is 16.0. The number of rotatable bonds is 9. The summed E-state index contributed by atoms with van der Waals surface area (Å²) in [6.45, 7) is 12.9. The van der Waals surface area contributed by atoms with Gasteiger partial charge in [-0.15, -0.1) is 0 Å². The number of carbonyl (C=O) groups is 3. The molecule has 0 spiro atoms. The first-order valence-electron chi connectivity index (χ1n) is 13.7. The maximum atomic E-state index is 14.3. The van der Waals surface area contributed by atoms with E-state index in [1.165, 1.54) is 0 Å². The van der Waals surface area contributed by atoms with Crippen LogP contribution in [0.2, 0.25) is 0 Å². The van der Waals surface area contributed by atoms with E-state index in [9.17, 15) is 19.5 Å². The number of anilines is 1. The van der Waals surface area contributed by atoms with Crippen LogP contribution in [0.3, 0.4) is 0 Å². The van der Waals surface area contributed by atoms with Gasteiger partial charge >= 0.3 is 6.09 Å². The minimum absolute atomic E-state index is 0.104. The molecule has 3 N–H and O–H groups in total. The number of carbonyl (C=O) groups excluding carboxylic acids is 3. The first-order valence-corrected chi connectivity index (χ1v) is 13.7. The summed E-state index contributed by atoms with van der Waals surface area (Å²) in [7, 11) is 0. The highest BCUT2D eigenvalue weighted by molar-refractivity contribution is 5.99. The normalized spacial score (nSPS) is 15.2. The largest absolute Gasteiger partial charge is 0.508 e. The maximum absolute atomic E-state index is 14.3. The Bertz CT molecular complexity index is 1180. The van der Waals surface area contributed by atoms with Gasteiger partial charge in [0.1, 0.15) is 23.4 Å². The predicted octanol–water partition coefficient (Wildman–Crippen LogP) is 6.01. The third kappa shape index (κ3) is 7.97.